The highest BCUT2D eigenvalue weighted by Gasteiger charge is 2.24. The molecule has 0 aliphatic carbocycles. The Kier molecular flexibility index (Phi) is 6.51. The summed E-state index contributed by atoms with van der Waals surface area (Å²) in [6, 6.07) is 4.70. The Morgan fingerprint density at radius 2 is 1.90 bits per heavy atom. The molecule has 0 saturated heterocycles. The molecule has 1 amide bonds. The van der Waals surface area contributed by atoms with E-state index in [1.807, 2.05) is 20.1 Å². The molecule has 0 unspecified atom stereocenters. The van der Waals surface area contributed by atoms with Gasteiger partial charge in [-0.1, -0.05) is 13.8 Å². The predicted octanol–water partition coefficient (Wildman–Crippen LogP) is 3.58. The third-order valence-corrected chi connectivity index (χ3v) is 3.63. The van der Waals surface area contributed by atoms with Crippen LogP contribution in [-0.4, -0.2) is 35.1 Å². The van der Waals surface area contributed by atoms with Crippen molar-refractivity contribution in [2.45, 2.75) is 31.6 Å². The van der Waals surface area contributed by atoms with Gasteiger partial charge < -0.3 is 4.90 Å². The molecule has 0 aliphatic rings. The molecule has 6 heteroatoms. The maximum absolute atomic E-state index is 12.5. The first kappa shape index (κ1) is 16.5. The molecule has 1 aromatic rings. The third kappa shape index (κ3) is 3.96. The summed E-state index contributed by atoms with van der Waals surface area (Å²) >= 11 is 1.47. The van der Waals surface area contributed by atoms with E-state index in [0.29, 0.717) is 13.1 Å². The van der Waals surface area contributed by atoms with Crippen LogP contribution in [0.4, 0.5) is 5.69 Å². The van der Waals surface area contributed by atoms with Crippen molar-refractivity contribution in [2.24, 2.45) is 0 Å². The average Bonchev–Trinajstić information content (AvgIpc) is 2.45. The van der Waals surface area contributed by atoms with Gasteiger partial charge in [-0.15, -0.1) is 11.8 Å². The number of thioether (sulfide) groups is 1. The fourth-order valence-electron chi connectivity index (χ4n) is 2.00. The number of nitrogens with zero attached hydrogens (tertiary/aromatic N) is 2. The zero-order chi connectivity index (χ0) is 15.1. The minimum absolute atomic E-state index is 0.120. The van der Waals surface area contributed by atoms with E-state index in [0.717, 1.165) is 17.7 Å². The van der Waals surface area contributed by atoms with E-state index in [2.05, 4.69) is 0 Å². The van der Waals surface area contributed by atoms with Gasteiger partial charge in [-0.05, 0) is 31.2 Å². The van der Waals surface area contributed by atoms with Gasteiger partial charge in [0.25, 0.3) is 11.6 Å². The third-order valence-electron chi connectivity index (χ3n) is 2.91. The molecule has 110 valence electrons. The van der Waals surface area contributed by atoms with Crippen molar-refractivity contribution in [3.63, 3.8) is 0 Å². The van der Waals surface area contributed by atoms with Crippen molar-refractivity contribution in [3.8, 4) is 0 Å². The Hall–Kier alpha value is -1.56. The largest absolute Gasteiger partial charge is 0.338 e. The molecule has 1 rings (SSSR count). The number of benzene rings is 1. The number of amides is 1. The summed E-state index contributed by atoms with van der Waals surface area (Å²) in [6.07, 6.45) is 3.55. The van der Waals surface area contributed by atoms with Crippen molar-refractivity contribution < 1.29 is 9.72 Å². The highest BCUT2D eigenvalue weighted by atomic mass is 32.2. The van der Waals surface area contributed by atoms with Crippen molar-refractivity contribution >= 4 is 23.4 Å². The highest BCUT2D eigenvalue weighted by Crippen LogP contribution is 2.26. The Balaban J connectivity index is 3.19. The van der Waals surface area contributed by atoms with E-state index in [1.54, 1.807) is 17.0 Å². The number of rotatable bonds is 7. The molecular formula is C14H20N2O3S. The number of nitro groups is 1. The van der Waals surface area contributed by atoms with E-state index in [1.165, 1.54) is 17.8 Å². The first-order chi connectivity index (χ1) is 9.54. The van der Waals surface area contributed by atoms with Crippen LogP contribution in [0.5, 0.6) is 0 Å². The summed E-state index contributed by atoms with van der Waals surface area (Å²) in [5.74, 6) is -0.253. The van der Waals surface area contributed by atoms with Gasteiger partial charge in [-0.3, -0.25) is 14.9 Å². The van der Waals surface area contributed by atoms with E-state index in [4.69, 9.17) is 0 Å². The monoisotopic (exact) mass is 296 g/mol. The van der Waals surface area contributed by atoms with Crippen LogP contribution in [0.3, 0.4) is 0 Å². The molecule has 20 heavy (non-hydrogen) atoms. The van der Waals surface area contributed by atoms with Crippen LogP contribution in [-0.2, 0) is 0 Å². The second-order valence-corrected chi connectivity index (χ2v) is 5.31. The second-order valence-electron chi connectivity index (χ2n) is 4.43. The summed E-state index contributed by atoms with van der Waals surface area (Å²) in [7, 11) is 0. The quantitative estimate of drug-likeness (QED) is 0.438. The zero-order valence-electron chi connectivity index (χ0n) is 12.1. The molecule has 0 spiro atoms. The minimum atomic E-state index is -0.493. The molecule has 0 fully saturated rings. The topological polar surface area (TPSA) is 63.5 Å². The lowest BCUT2D eigenvalue weighted by atomic mass is 10.1. The van der Waals surface area contributed by atoms with Crippen LogP contribution < -0.4 is 0 Å². The molecule has 0 atom stereocenters. The number of nitro benzene ring substituents is 1. The van der Waals surface area contributed by atoms with Crippen molar-refractivity contribution in [2.75, 3.05) is 19.3 Å². The number of hydrogen-bond acceptors (Lipinski definition) is 4. The van der Waals surface area contributed by atoms with Crippen molar-refractivity contribution in [1.82, 2.24) is 4.90 Å². The summed E-state index contributed by atoms with van der Waals surface area (Å²) in [5.41, 5.74) is 0.0637. The lowest BCUT2D eigenvalue weighted by Gasteiger charge is -2.21. The molecule has 1 aromatic carbocycles. The molecule has 5 nitrogen and oxygen atoms in total. The fraction of sp³-hybridized carbons (Fsp3) is 0.500. The molecular weight excluding hydrogens is 276 g/mol. The maximum Gasteiger partial charge on any atom is 0.282 e. The van der Waals surface area contributed by atoms with Gasteiger partial charge in [0.2, 0.25) is 0 Å². The van der Waals surface area contributed by atoms with Crippen LogP contribution in [0.1, 0.15) is 37.0 Å². The van der Waals surface area contributed by atoms with E-state index >= 15 is 0 Å². The van der Waals surface area contributed by atoms with Crippen LogP contribution in [0.2, 0.25) is 0 Å². The summed E-state index contributed by atoms with van der Waals surface area (Å²) in [6.45, 7) is 5.21. The van der Waals surface area contributed by atoms with Gasteiger partial charge in [-0.2, -0.15) is 0 Å². The number of carbonyl (C=O) groups excluding carboxylic acids is 1. The first-order valence-electron chi connectivity index (χ1n) is 6.66. The Morgan fingerprint density at radius 3 is 2.35 bits per heavy atom. The lowest BCUT2D eigenvalue weighted by Crippen LogP contribution is -2.32. The highest BCUT2D eigenvalue weighted by molar-refractivity contribution is 7.98. The first-order valence-corrected chi connectivity index (χ1v) is 7.89. The zero-order valence-corrected chi connectivity index (χ0v) is 12.9. The van der Waals surface area contributed by atoms with E-state index in [9.17, 15) is 14.9 Å². The Labute approximate surface area is 123 Å². The molecule has 0 N–H and O–H groups in total. The normalized spacial score (nSPS) is 10.3. The molecule has 0 aliphatic heterocycles. The smallest absolute Gasteiger partial charge is 0.282 e. The molecule has 0 heterocycles. The Bertz CT molecular complexity index is 485. The van der Waals surface area contributed by atoms with Gasteiger partial charge in [0, 0.05) is 24.1 Å². The number of hydrogen-bond donors (Lipinski definition) is 0. The summed E-state index contributed by atoms with van der Waals surface area (Å²) in [4.78, 5) is 25.7. The summed E-state index contributed by atoms with van der Waals surface area (Å²) < 4.78 is 0. The van der Waals surface area contributed by atoms with Crippen molar-refractivity contribution in [3.05, 3.63) is 33.9 Å². The maximum atomic E-state index is 12.5. The molecule has 0 aromatic heterocycles. The minimum Gasteiger partial charge on any atom is -0.338 e. The number of carbonyl (C=O) groups is 1. The molecule has 0 radical (unpaired) electrons. The van der Waals surface area contributed by atoms with Gasteiger partial charge in [-0.25, -0.2) is 0 Å². The Morgan fingerprint density at radius 1 is 1.30 bits per heavy atom. The molecule has 0 saturated carbocycles. The van der Waals surface area contributed by atoms with E-state index < -0.39 is 4.92 Å². The van der Waals surface area contributed by atoms with Crippen LogP contribution >= 0.6 is 11.8 Å². The fourth-order valence-corrected chi connectivity index (χ4v) is 2.44. The SMILES string of the molecule is CCCN(CCC)C(=O)c1cc(SC)ccc1[N+](=O)[O-]. The van der Waals surface area contributed by atoms with Crippen LogP contribution in [0.15, 0.2) is 23.1 Å². The lowest BCUT2D eigenvalue weighted by molar-refractivity contribution is -0.385. The van der Waals surface area contributed by atoms with Crippen LogP contribution in [0.25, 0.3) is 0 Å². The predicted molar refractivity (Wildman–Crippen MR) is 81.4 cm³/mol. The molecule has 0 bridgehead atoms. The second kappa shape index (κ2) is 7.89. The van der Waals surface area contributed by atoms with E-state index in [-0.39, 0.29) is 17.2 Å². The van der Waals surface area contributed by atoms with Crippen molar-refractivity contribution in [1.29, 1.82) is 0 Å². The standard InChI is InChI=1S/C14H20N2O3S/c1-4-8-15(9-5-2)14(17)12-10-11(20-3)6-7-13(12)16(18)19/h6-7,10H,4-5,8-9H2,1-3H3. The van der Waals surface area contributed by atoms with Gasteiger partial charge in [0.15, 0.2) is 0 Å². The summed E-state index contributed by atoms with van der Waals surface area (Å²) in [5, 5.41) is 11.1. The van der Waals surface area contributed by atoms with Gasteiger partial charge in [0.05, 0.1) is 4.92 Å². The van der Waals surface area contributed by atoms with Gasteiger partial charge in [0.1, 0.15) is 5.56 Å². The average molecular weight is 296 g/mol. The van der Waals surface area contributed by atoms with Gasteiger partial charge >= 0.3 is 0 Å². The van der Waals surface area contributed by atoms with Crippen LogP contribution in [0, 0.1) is 10.1 Å².